The van der Waals surface area contributed by atoms with Gasteiger partial charge in [-0.2, -0.15) is 5.10 Å². The van der Waals surface area contributed by atoms with Gasteiger partial charge in [0.25, 0.3) is 0 Å². The van der Waals surface area contributed by atoms with E-state index in [4.69, 9.17) is 0 Å². The van der Waals surface area contributed by atoms with Crippen LogP contribution in [0.25, 0.3) is 0 Å². The van der Waals surface area contributed by atoms with Gasteiger partial charge in [0.1, 0.15) is 5.82 Å². The van der Waals surface area contributed by atoms with Gasteiger partial charge < -0.3 is 5.32 Å². The van der Waals surface area contributed by atoms with E-state index in [1.165, 1.54) is 12.1 Å². The Morgan fingerprint density at radius 2 is 1.81 bits per heavy atom. The van der Waals surface area contributed by atoms with E-state index in [0.29, 0.717) is 12.6 Å². The lowest BCUT2D eigenvalue weighted by Gasteiger charge is -2.14. The lowest BCUT2D eigenvalue weighted by Crippen LogP contribution is -2.19. The van der Waals surface area contributed by atoms with Gasteiger partial charge in [-0.25, -0.2) is 4.39 Å². The molecule has 0 amide bonds. The summed E-state index contributed by atoms with van der Waals surface area (Å²) in [4.78, 5) is 0. The zero-order valence-corrected chi connectivity index (χ0v) is 13.0. The fourth-order valence-corrected chi connectivity index (χ4v) is 2.46. The lowest BCUT2D eigenvalue weighted by molar-refractivity contribution is 0.423. The van der Waals surface area contributed by atoms with Crippen LogP contribution in [0.3, 0.4) is 0 Å². The first-order valence-corrected chi connectivity index (χ1v) is 7.66. The average molecular weight is 289 g/mol. The second kappa shape index (κ2) is 7.36. The van der Waals surface area contributed by atoms with Crippen molar-refractivity contribution in [2.45, 2.75) is 52.2 Å². The number of nitrogens with one attached hydrogen (secondary N) is 1. The van der Waals surface area contributed by atoms with Crippen LogP contribution in [0.4, 0.5) is 4.39 Å². The minimum absolute atomic E-state index is 0.170. The molecular weight excluding hydrogens is 265 g/mol. The van der Waals surface area contributed by atoms with Gasteiger partial charge in [-0.3, -0.25) is 4.68 Å². The summed E-state index contributed by atoms with van der Waals surface area (Å²) in [6, 6.07) is 9.33. The molecule has 0 bridgehead atoms. The van der Waals surface area contributed by atoms with Crippen LogP contribution in [0.5, 0.6) is 0 Å². The van der Waals surface area contributed by atoms with Crippen molar-refractivity contribution >= 4 is 0 Å². The first-order valence-electron chi connectivity index (χ1n) is 7.66. The van der Waals surface area contributed by atoms with Crippen molar-refractivity contribution in [3.05, 3.63) is 53.6 Å². The smallest absolute Gasteiger partial charge is 0.123 e. The zero-order valence-electron chi connectivity index (χ0n) is 13.0. The molecule has 0 aliphatic rings. The Hall–Kier alpha value is -1.68. The highest BCUT2D eigenvalue weighted by atomic mass is 19.1. The third-order valence-corrected chi connectivity index (χ3v) is 3.94. The Bertz CT molecular complexity index is 543. The van der Waals surface area contributed by atoms with Gasteiger partial charge in [-0.05, 0) is 43.5 Å². The third-order valence-electron chi connectivity index (χ3n) is 3.94. The molecule has 1 heterocycles. The van der Waals surface area contributed by atoms with E-state index in [-0.39, 0.29) is 11.9 Å². The molecule has 1 unspecified atom stereocenters. The van der Waals surface area contributed by atoms with Crippen LogP contribution in [0.15, 0.2) is 36.5 Å². The molecule has 0 radical (unpaired) electrons. The second-order valence-electron chi connectivity index (χ2n) is 5.41. The standard InChI is InChI=1S/C17H24FN3/c1-4-17(5-2)21-11-10-16(20-21)12-19-13(3)14-6-8-15(18)9-7-14/h6-11,13,17,19H,4-5,12H2,1-3H3. The maximum absolute atomic E-state index is 12.9. The van der Waals surface area contributed by atoms with Crippen LogP contribution in [-0.2, 0) is 6.54 Å². The minimum Gasteiger partial charge on any atom is -0.304 e. The van der Waals surface area contributed by atoms with Gasteiger partial charge >= 0.3 is 0 Å². The SMILES string of the molecule is CCC(CC)n1ccc(CNC(C)c2ccc(F)cc2)n1. The Labute approximate surface area is 126 Å². The monoisotopic (exact) mass is 289 g/mol. The molecule has 1 aromatic carbocycles. The van der Waals surface area contributed by atoms with Crippen molar-refractivity contribution in [2.75, 3.05) is 0 Å². The van der Waals surface area contributed by atoms with Crippen molar-refractivity contribution in [1.82, 2.24) is 15.1 Å². The Kier molecular flexibility index (Phi) is 5.51. The molecule has 0 aliphatic heterocycles. The predicted octanol–water partition coefficient (Wildman–Crippen LogP) is 4.23. The van der Waals surface area contributed by atoms with Crippen LogP contribution >= 0.6 is 0 Å². The molecule has 1 N–H and O–H groups in total. The molecule has 0 fully saturated rings. The molecule has 3 nitrogen and oxygen atoms in total. The van der Waals surface area contributed by atoms with E-state index in [9.17, 15) is 4.39 Å². The third kappa shape index (κ3) is 4.14. The van der Waals surface area contributed by atoms with Gasteiger partial charge in [0.05, 0.1) is 11.7 Å². The lowest BCUT2D eigenvalue weighted by atomic mass is 10.1. The molecule has 2 aromatic rings. The molecule has 0 saturated heterocycles. The number of rotatable bonds is 7. The highest BCUT2D eigenvalue weighted by molar-refractivity contribution is 5.19. The van der Waals surface area contributed by atoms with E-state index in [1.54, 1.807) is 0 Å². The van der Waals surface area contributed by atoms with Crippen LogP contribution in [-0.4, -0.2) is 9.78 Å². The number of benzene rings is 1. The van der Waals surface area contributed by atoms with E-state index >= 15 is 0 Å². The molecule has 0 spiro atoms. The quantitative estimate of drug-likeness (QED) is 0.826. The number of aromatic nitrogens is 2. The molecule has 0 aliphatic carbocycles. The van der Waals surface area contributed by atoms with Gasteiger partial charge in [-0.15, -0.1) is 0 Å². The van der Waals surface area contributed by atoms with Crippen LogP contribution < -0.4 is 5.32 Å². The number of halogens is 1. The fraction of sp³-hybridized carbons (Fsp3) is 0.471. The minimum atomic E-state index is -0.199. The number of hydrogen-bond donors (Lipinski definition) is 1. The summed E-state index contributed by atoms with van der Waals surface area (Å²) in [6.45, 7) is 7.16. The van der Waals surface area contributed by atoms with E-state index in [0.717, 1.165) is 24.1 Å². The summed E-state index contributed by atoms with van der Waals surface area (Å²) in [7, 11) is 0. The fourth-order valence-electron chi connectivity index (χ4n) is 2.46. The summed E-state index contributed by atoms with van der Waals surface area (Å²) < 4.78 is 15.0. The molecule has 21 heavy (non-hydrogen) atoms. The summed E-state index contributed by atoms with van der Waals surface area (Å²) in [5.41, 5.74) is 2.12. The highest BCUT2D eigenvalue weighted by Crippen LogP contribution is 2.16. The van der Waals surface area contributed by atoms with Crippen molar-refractivity contribution in [2.24, 2.45) is 0 Å². The molecule has 1 atom stereocenters. The predicted molar refractivity (Wildman–Crippen MR) is 83.5 cm³/mol. The van der Waals surface area contributed by atoms with Gasteiger partial charge in [0, 0.05) is 18.8 Å². The van der Waals surface area contributed by atoms with Crippen molar-refractivity contribution < 1.29 is 4.39 Å². The zero-order chi connectivity index (χ0) is 15.2. The average Bonchev–Trinajstić information content (AvgIpc) is 2.96. The maximum Gasteiger partial charge on any atom is 0.123 e. The largest absolute Gasteiger partial charge is 0.304 e. The molecule has 114 valence electrons. The summed E-state index contributed by atoms with van der Waals surface area (Å²) in [5, 5.41) is 8.05. The Morgan fingerprint density at radius 1 is 1.14 bits per heavy atom. The highest BCUT2D eigenvalue weighted by Gasteiger charge is 2.09. The number of hydrogen-bond acceptors (Lipinski definition) is 2. The van der Waals surface area contributed by atoms with Gasteiger partial charge in [0.2, 0.25) is 0 Å². The summed E-state index contributed by atoms with van der Waals surface area (Å²) in [5.74, 6) is -0.199. The van der Waals surface area contributed by atoms with E-state index < -0.39 is 0 Å². The van der Waals surface area contributed by atoms with Crippen LogP contribution in [0, 0.1) is 5.82 Å². The van der Waals surface area contributed by atoms with Gasteiger partial charge in [-0.1, -0.05) is 26.0 Å². The topological polar surface area (TPSA) is 29.9 Å². The molecule has 0 saturated carbocycles. The van der Waals surface area contributed by atoms with Crippen LogP contribution in [0.2, 0.25) is 0 Å². The van der Waals surface area contributed by atoms with Crippen molar-refractivity contribution in [3.8, 4) is 0 Å². The molecule has 2 rings (SSSR count). The normalized spacial score (nSPS) is 12.8. The first kappa shape index (κ1) is 15.7. The van der Waals surface area contributed by atoms with Crippen molar-refractivity contribution in [1.29, 1.82) is 0 Å². The first-order chi connectivity index (χ1) is 10.1. The van der Waals surface area contributed by atoms with Crippen molar-refractivity contribution in [3.63, 3.8) is 0 Å². The maximum atomic E-state index is 12.9. The molecule has 4 heteroatoms. The van der Waals surface area contributed by atoms with Crippen LogP contribution in [0.1, 0.15) is 57.0 Å². The second-order valence-corrected chi connectivity index (χ2v) is 5.41. The summed E-state index contributed by atoms with van der Waals surface area (Å²) >= 11 is 0. The summed E-state index contributed by atoms with van der Waals surface area (Å²) in [6.07, 6.45) is 4.24. The number of nitrogens with zero attached hydrogens (tertiary/aromatic N) is 2. The van der Waals surface area contributed by atoms with E-state index in [1.807, 2.05) is 12.1 Å². The molecular formula is C17H24FN3. The Morgan fingerprint density at radius 3 is 2.43 bits per heavy atom. The molecule has 1 aromatic heterocycles. The van der Waals surface area contributed by atoms with Gasteiger partial charge in [0.15, 0.2) is 0 Å². The van der Waals surface area contributed by atoms with E-state index in [2.05, 4.69) is 48.1 Å². The Balaban J connectivity index is 1.92.